The van der Waals surface area contributed by atoms with Crippen molar-refractivity contribution in [2.75, 3.05) is 0 Å². The van der Waals surface area contributed by atoms with E-state index in [0.29, 0.717) is 23.4 Å². The molecule has 6 aromatic rings. The van der Waals surface area contributed by atoms with Gasteiger partial charge < -0.3 is 18.9 Å². The third-order valence-electron chi connectivity index (χ3n) is 7.98. The predicted molar refractivity (Wildman–Crippen MR) is 193 cm³/mol. The fourth-order valence-corrected chi connectivity index (χ4v) is 5.60. The van der Waals surface area contributed by atoms with Gasteiger partial charge >= 0.3 is 12.1 Å². The number of hydrogen-bond acceptors (Lipinski definition) is 7. The Bertz CT molecular complexity index is 2080. The maximum atomic E-state index is 14.1. The number of nitrogens with zero attached hydrogens (tertiary/aromatic N) is 2. The molecule has 0 N–H and O–H groups in total. The van der Waals surface area contributed by atoms with E-state index in [1.54, 1.807) is 6.20 Å². The molecule has 0 aliphatic heterocycles. The maximum Gasteiger partial charge on any atom is 0.418 e. The number of rotatable bonds is 11. The second kappa shape index (κ2) is 15.1. The second-order valence-corrected chi connectivity index (χ2v) is 12.9. The first-order chi connectivity index (χ1) is 24.2. The van der Waals surface area contributed by atoms with Crippen LogP contribution in [0.4, 0.5) is 4.79 Å². The average molecular weight is 669 g/mol. The molecule has 254 valence electrons. The van der Waals surface area contributed by atoms with E-state index < -0.39 is 17.7 Å². The highest BCUT2D eigenvalue weighted by atomic mass is 16.6. The monoisotopic (exact) mass is 668 g/mol. The lowest BCUT2D eigenvalue weighted by molar-refractivity contribution is 0.0459. The molecule has 0 unspecified atom stereocenters. The minimum atomic E-state index is -0.635. The number of esters is 1. The maximum absolute atomic E-state index is 14.1. The number of benzene rings is 4. The summed E-state index contributed by atoms with van der Waals surface area (Å²) in [7, 11) is 0. The third kappa shape index (κ3) is 8.04. The molecule has 0 fully saturated rings. The summed E-state index contributed by atoms with van der Waals surface area (Å²) < 4.78 is 25.9. The number of carbonyl (C=O) groups excluding carboxylic acids is 2. The zero-order valence-corrected chi connectivity index (χ0v) is 28.7. The predicted octanol–water partition coefficient (Wildman–Crippen LogP) is 9.56. The summed E-state index contributed by atoms with van der Waals surface area (Å²) in [6.45, 7) is 7.97. The summed E-state index contributed by atoms with van der Waals surface area (Å²) >= 11 is 0. The molecule has 0 spiro atoms. The second-order valence-electron chi connectivity index (χ2n) is 12.9. The van der Waals surface area contributed by atoms with Crippen molar-refractivity contribution in [1.29, 1.82) is 0 Å². The van der Waals surface area contributed by atoms with Crippen LogP contribution in [-0.4, -0.2) is 27.2 Å². The van der Waals surface area contributed by atoms with E-state index in [9.17, 15) is 9.59 Å². The van der Waals surface area contributed by atoms with Gasteiger partial charge in [-0.25, -0.2) is 14.6 Å². The van der Waals surface area contributed by atoms with Gasteiger partial charge in [-0.15, -0.1) is 0 Å². The van der Waals surface area contributed by atoms with Gasteiger partial charge in [-0.05, 0) is 62.1 Å². The Labute approximate surface area is 292 Å². The van der Waals surface area contributed by atoms with Crippen molar-refractivity contribution < 1.29 is 28.5 Å². The SMILES string of the molecule is CCc1c(-c2ccc3c(ccn3C(=O)OC(C)(C)C)c2)nc(OCc2ccccc2)c(C(=O)OCc2ccccc2)c1OCc1ccccc1. The Morgan fingerprint density at radius 3 is 1.88 bits per heavy atom. The number of carbonyl (C=O) groups is 2. The van der Waals surface area contributed by atoms with Crippen molar-refractivity contribution in [1.82, 2.24) is 9.55 Å². The molecule has 0 bridgehead atoms. The Kier molecular flexibility index (Phi) is 10.3. The number of fused-ring (bicyclic) bond motifs is 1. The van der Waals surface area contributed by atoms with Crippen LogP contribution in [0, 0.1) is 0 Å². The highest BCUT2D eigenvalue weighted by molar-refractivity contribution is 5.97. The normalized spacial score (nSPS) is 11.3. The van der Waals surface area contributed by atoms with Gasteiger partial charge in [0, 0.05) is 22.7 Å². The summed E-state index contributed by atoms with van der Waals surface area (Å²) in [5, 5.41) is 0.821. The van der Waals surface area contributed by atoms with Gasteiger partial charge in [-0.2, -0.15) is 0 Å². The van der Waals surface area contributed by atoms with Gasteiger partial charge in [0.1, 0.15) is 31.2 Å². The van der Waals surface area contributed by atoms with E-state index in [0.717, 1.165) is 33.2 Å². The minimum Gasteiger partial charge on any atom is -0.487 e. The lowest BCUT2D eigenvalue weighted by Gasteiger charge is -2.21. The molecule has 0 saturated heterocycles. The van der Waals surface area contributed by atoms with Crippen molar-refractivity contribution in [3.8, 4) is 22.9 Å². The Hall–Kier alpha value is -5.89. The molecule has 0 amide bonds. The summed E-state index contributed by atoms with van der Waals surface area (Å²) in [5.41, 5.74) is 5.00. The largest absolute Gasteiger partial charge is 0.487 e. The van der Waals surface area contributed by atoms with E-state index in [-0.39, 0.29) is 31.3 Å². The van der Waals surface area contributed by atoms with Crippen molar-refractivity contribution >= 4 is 23.0 Å². The van der Waals surface area contributed by atoms with Crippen LogP contribution in [-0.2, 0) is 35.7 Å². The lowest BCUT2D eigenvalue weighted by atomic mass is 9.99. The van der Waals surface area contributed by atoms with Crippen molar-refractivity contribution in [3.05, 3.63) is 149 Å². The van der Waals surface area contributed by atoms with Crippen LogP contribution >= 0.6 is 0 Å². The van der Waals surface area contributed by atoms with Crippen LogP contribution in [0.15, 0.2) is 121 Å². The molecule has 2 heterocycles. The van der Waals surface area contributed by atoms with Crippen LogP contribution < -0.4 is 9.47 Å². The van der Waals surface area contributed by atoms with E-state index in [1.165, 1.54) is 4.57 Å². The van der Waals surface area contributed by atoms with E-state index in [1.807, 2.05) is 143 Å². The Morgan fingerprint density at radius 2 is 1.30 bits per heavy atom. The molecule has 2 aromatic heterocycles. The highest BCUT2D eigenvalue weighted by Crippen LogP contribution is 2.40. The molecule has 6 rings (SSSR count). The summed E-state index contributed by atoms with van der Waals surface area (Å²) in [5.74, 6) is -0.138. The molecule has 0 aliphatic rings. The molecular weight excluding hydrogens is 628 g/mol. The summed E-state index contributed by atoms with van der Waals surface area (Å²) in [4.78, 5) is 32.0. The minimum absolute atomic E-state index is 0.0738. The first-order valence-electron chi connectivity index (χ1n) is 16.7. The molecule has 8 nitrogen and oxygen atoms in total. The number of aromatic nitrogens is 2. The van der Waals surface area contributed by atoms with E-state index >= 15 is 0 Å². The average Bonchev–Trinajstić information content (AvgIpc) is 3.56. The zero-order valence-electron chi connectivity index (χ0n) is 28.7. The molecule has 0 radical (unpaired) electrons. The van der Waals surface area contributed by atoms with Gasteiger partial charge in [0.25, 0.3) is 0 Å². The summed E-state index contributed by atoms with van der Waals surface area (Å²) in [6.07, 6.45) is 1.74. The molecule has 4 aromatic carbocycles. The van der Waals surface area contributed by atoms with Gasteiger partial charge in [0.05, 0.1) is 11.2 Å². The molecular formula is C42H40N2O6. The van der Waals surface area contributed by atoms with E-state index in [2.05, 4.69) is 0 Å². The zero-order chi connectivity index (χ0) is 35.1. The van der Waals surface area contributed by atoms with Crippen LogP contribution in [0.25, 0.3) is 22.2 Å². The van der Waals surface area contributed by atoms with Crippen molar-refractivity contribution in [3.63, 3.8) is 0 Å². The molecule has 50 heavy (non-hydrogen) atoms. The summed E-state index contributed by atoms with van der Waals surface area (Å²) in [6, 6.07) is 36.6. The first kappa shape index (κ1) is 34.0. The van der Waals surface area contributed by atoms with Crippen LogP contribution in [0.2, 0.25) is 0 Å². The fourth-order valence-electron chi connectivity index (χ4n) is 5.60. The number of hydrogen-bond donors (Lipinski definition) is 0. The number of pyridine rings is 1. The standard InChI is InChI=1S/C42H40N2O6/c1-5-34-37(33-21-22-35-32(25-33)23-24-44(35)41(46)50-42(2,3)4)43-39(48-27-30-17-11-7-12-18-30)36(38(34)47-26-29-15-9-6-10-16-29)40(45)49-28-31-19-13-8-14-20-31/h6-25H,5,26-28H2,1-4H3. The Morgan fingerprint density at radius 1 is 0.720 bits per heavy atom. The van der Waals surface area contributed by atoms with Crippen LogP contribution in [0.3, 0.4) is 0 Å². The van der Waals surface area contributed by atoms with Gasteiger partial charge in [0.15, 0.2) is 5.56 Å². The van der Waals surface area contributed by atoms with Gasteiger partial charge in [0.2, 0.25) is 5.88 Å². The van der Waals surface area contributed by atoms with E-state index in [4.69, 9.17) is 23.9 Å². The molecule has 0 aliphatic carbocycles. The van der Waals surface area contributed by atoms with Crippen LogP contribution in [0.1, 0.15) is 60.3 Å². The van der Waals surface area contributed by atoms with Crippen LogP contribution in [0.5, 0.6) is 11.6 Å². The lowest BCUT2D eigenvalue weighted by Crippen LogP contribution is -2.26. The van der Waals surface area contributed by atoms with Crippen molar-refractivity contribution in [2.24, 2.45) is 0 Å². The van der Waals surface area contributed by atoms with Crippen molar-refractivity contribution in [2.45, 2.75) is 59.5 Å². The molecule has 0 saturated carbocycles. The Balaban J connectivity index is 1.47. The third-order valence-corrected chi connectivity index (χ3v) is 7.98. The van der Waals surface area contributed by atoms with Gasteiger partial charge in [-0.3, -0.25) is 4.57 Å². The smallest absolute Gasteiger partial charge is 0.418 e. The molecule has 0 atom stereocenters. The van der Waals surface area contributed by atoms with Gasteiger partial charge in [-0.1, -0.05) is 104 Å². The first-order valence-corrected chi connectivity index (χ1v) is 16.7. The topological polar surface area (TPSA) is 88.9 Å². The number of ether oxygens (including phenoxy) is 4. The molecule has 8 heteroatoms. The highest BCUT2D eigenvalue weighted by Gasteiger charge is 2.29. The fraction of sp³-hybridized carbons (Fsp3) is 0.214. The quantitative estimate of drug-likeness (QED) is 0.127.